The second kappa shape index (κ2) is 8.21. The zero-order valence-electron chi connectivity index (χ0n) is 17.0. The van der Waals surface area contributed by atoms with Crippen LogP contribution in [0.15, 0.2) is 42.6 Å². The number of piperazine rings is 1. The maximum atomic E-state index is 12.9. The Morgan fingerprint density at radius 3 is 2.57 bits per heavy atom. The molecule has 1 amide bonds. The van der Waals surface area contributed by atoms with Crippen molar-refractivity contribution in [2.75, 3.05) is 42.5 Å². The first-order chi connectivity index (χ1) is 13.6. The molecule has 2 aliphatic rings. The van der Waals surface area contributed by atoms with Crippen LogP contribution in [0, 0.1) is 6.92 Å². The Morgan fingerprint density at radius 1 is 1.04 bits per heavy atom. The van der Waals surface area contributed by atoms with Gasteiger partial charge in [-0.1, -0.05) is 18.2 Å². The molecule has 2 saturated heterocycles. The van der Waals surface area contributed by atoms with Crippen LogP contribution in [0.3, 0.4) is 0 Å². The van der Waals surface area contributed by atoms with Crippen LogP contribution >= 0.6 is 0 Å². The van der Waals surface area contributed by atoms with Crippen molar-refractivity contribution in [3.05, 3.63) is 53.7 Å². The molecule has 3 heterocycles. The Balaban J connectivity index is 1.48. The summed E-state index contributed by atoms with van der Waals surface area (Å²) in [4.78, 5) is 24.2. The largest absolute Gasteiger partial charge is 0.367 e. The summed E-state index contributed by atoms with van der Waals surface area (Å²) in [6.45, 7) is 8.99. The van der Waals surface area contributed by atoms with E-state index < -0.39 is 0 Å². The Morgan fingerprint density at radius 2 is 1.82 bits per heavy atom. The minimum atomic E-state index is 0.148. The molecule has 4 rings (SSSR count). The molecule has 1 atom stereocenters. The molecule has 0 spiro atoms. The molecular weight excluding hydrogens is 348 g/mol. The van der Waals surface area contributed by atoms with Crippen molar-refractivity contribution >= 4 is 17.4 Å². The molecule has 148 valence electrons. The highest BCUT2D eigenvalue weighted by Gasteiger charge is 2.26. The summed E-state index contributed by atoms with van der Waals surface area (Å²) in [5.74, 6) is 1.06. The number of rotatable bonds is 3. The average molecular weight is 379 g/mol. The van der Waals surface area contributed by atoms with Gasteiger partial charge in [0.05, 0.1) is 0 Å². The number of aryl methyl sites for hydroxylation is 1. The Labute approximate surface area is 168 Å². The summed E-state index contributed by atoms with van der Waals surface area (Å²) in [5.41, 5.74) is 3.40. The minimum Gasteiger partial charge on any atom is -0.367 e. The fourth-order valence-electron chi connectivity index (χ4n) is 4.42. The number of benzene rings is 1. The van der Waals surface area contributed by atoms with E-state index >= 15 is 0 Å². The lowest BCUT2D eigenvalue weighted by molar-refractivity contribution is 0.0724. The van der Waals surface area contributed by atoms with E-state index in [9.17, 15) is 4.79 Å². The number of carbonyl (C=O) groups excluding carboxylic acids is 1. The summed E-state index contributed by atoms with van der Waals surface area (Å²) in [6, 6.07) is 12.7. The van der Waals surface area contributed by atoms with Gasteiger partial charge in [0.25, 0.3) is 5.91 Å². The van der Waals surface area contributed by atoms with E-state index in [0.29, 0.717) is 6.04 Å². The fraction of sp³-hybridized carbons (Fsp3) is 0.478. The molecule has 0 unspecified atom stereocenters. The van der Waals surface area contributed by atoms with Crippen LogP contribution in [-0.2, 0) is 0 Å². The zero-order valence-corrected chi connectivity index (χ0v) is 17.0. The molecular formula is C23H30N4O. The van der Waals surface area contributed by atoms with Crippen LogP contribution < -0.4 is 9.80 Å². The van der Waals surface area contributed by atoms with Gasteiger partial charge in [-0.15, -0.1) is 0 Å². The normalized spacial score (nSPS) is 20.4. The van der Waals surface area contributed by atoms with Gasteiger partial charge in [0.2, 0.25) is 0 Å². The molecule has 0 aliphatic carbocycles. The first-order valence-electron chi connectivity index (χ1n) is 10.5. The quantitative estimate of drug-likeness (QED) is 0.816. The van der Waals surface area contributed by atoms with Gasteiger partial charge in [-0.25, -0.2) is 4.98 Å². The van der Waals surface area contributed by atoms with Gasteiger partial charge in [0.15, 0.2) is 0 Å². The number of aromatic nitrogens is 1. The van der Waals surface area contributed by atoms with Crippen molar-refractivity contribution in [2.24, 2.45) is 0 Å². The molecule has 2 fully saturated rings. The number of piperidine rings is 1. The fourth-order valence-corrected chi connectivity index (χ4v) is 4.42. The smallest absolute Gasteiger partial charge is 0.254 e. The summed E-state index contributed by atoms with van der Waals surface area (Å²) < 4.78 is 0. The second-order valence-corrected chi connectivity index (χ2v) is 8.03. The third-order valence-electron chi connectivity index (χ3n) is 6.01. The summed E-state index contributed by atoms with van der Waals surface area (Å²) in [6.07, 6.45) is 5.24. The van der Waals surface area contributed by atoms with E-state index in [4.69, 9.17) is 0 Å². The third-order valence-corrected chi connectivity index (χ3v) is 6.01. The van der Waals surface area contributed by atoms with Crippen molar-refractivity contribution in [1.82, 2.24) is 9.88 Å². The van der Waals surface area contributed by atoms with Crippen LogP contribution in [0.4, 0.5) is 11.5 Å². The van der Waals surface area contributed by atoms with Crippen LogP contribution in [0.2, 0.25) is 0 Å². The number of hydrogen-bond acceptors (Lipinski definition) is 4. The van der Waals surface area contributed by atoms with Gasteiger partial charge in [-0.2, -0.15) is 0 Å². The molecule has 5 nitrogen and oxygen atoms in total. The van der Waals surface area contributed by atoms with Crippen molar-refractivity contribution in [3.63, 3.8) is 0 Å². The number of nitrogens with zero attached hydrogens (tertiary/aromatic N) is 4. The zero-order chi connectivity index (χ0) is 19.5. The Hall–Kier alpha value is -2.56. The van der Waals surface area contributed by atoms with Crippen molar-refractivity contribution in [3.8, 4) is 0 Å². The van der Waals surface area contributed by atoms with Crippen LogP contribution in [-0.4, -0.2) is 54.6 Å². The minimum absolute atomic E-state index is 0.148. The Bertz CT molecular complexity index is 831. The molecule has 2 aromatic rings. The van der Waals surface area contributed by atoms with Crippen molar-refractivity contribution in [1.29, 1.82) is 0 Å². The summed E-state index contributed by atoms with van der Waals surface area (Å²) >= 11 is 0. The molecule has 0 bridgehead atoms. The molecule has 5 heteroatoms. The van der Waals surface area contributed by atoms with Gasteiger partial charge < -0.3 is 14.7 Å². The highest BCUT2D eigenvalue weighted by atomic mass is 16.2. The second-order valence-electron chi connectivity index (χ2n) is 8.03. The number of pyridine rings is 1. The molecule has 2 aliphatic heterocycles. The number of amides is 1. The van der Waals surface area contributed by atoms with E-state index in [2.05, 4.69) is 52.9 Å². The van der Waals surface area contributed by atoms with Crippen LogP contribution in [0.5, 0.6) is 0 Å². The van der Waals surface area contributed by atoms with Crippen LogP contribution in [0.25, 0.3) is 0 Å². The summed E-state index contributed by atoms with van der Waals surface area (Å²) in [7, 11) is 0. The first kappa shape index (κ1) is 18.8. The Kier molecular flexibility index (Phi) is 5.51. The van der Waals surface area contributed by atoms with Crippen molar-refractivity contribution < 1.29 is 4.79 Å². The highest BCUT2D eigenvalue weighted by Crippen LogP contribution is 2.26. The standard InChI is InChI=1S/C23H30N4O/c1-18-8-4-5-9-21(18)26-14-15-27(19(2)17-26)22-16-20(10-11-24-22)23(28)25-12-6-3-7-13-25/h4-5,8-11,16,19H,3,6-7,12-15,17H2,1-2H3/t19-/m1/s1. The van der Waals surface area contributed by atoms with E-state index in [1.807, 2.05) is 17.0 Å². The lowest BCUT2D eigenvalue weighted by Crippen LogP contribution is -2.52. The number of likely N-dealkylation sites (tertiary alicyclic amines) is 1. The van der Waals surface area contributed by atoms with Crippen molar-refractivity contribution in [2.45, 2.75) is 39.2 Å². The average Bonchev–Trinajstić information content (AvgIpc) is 2.74. The SMILES string of the molecule is Cc1ccccc1N1CCN(c2cc(C(=O)N3CCCCC3)ccn2)[C@H](C)C1. The van der Waals surface area contributed by atoms with Gasteiger partial charge in [0, 0.05) is 56.2 Å². The predicted molar refractivity (Wildman–Crippen MR) is 114 cm³/mol. The van der Waals surface area contributed by atoms with Crippen LogP contribution in [0.1, 0.15) is 42.1 Å². The molecule has 0 N–H and O–H groups in total. The van der Waals surface area contributed by atoms with E-state index in [0.717, 1.165) is 56.9 Å². The monoisotopic (exact) mass is 378 g/mol. The lowest BCUT2D eigenvalue weighted by Gasteiger charge is -2.42. The van der Waals surface area contributed by atoms with E-state index in [1.165, 1.54) is 17.7 Å². The molecule has 0 radical (unpaired) electrons. The molecule has 1 aromatic carbocycles. The van der Waals surface area contributed by atoms with Gasteiger partial charge in [-0.3, -0.25) is 4.79 Å². The number of hydrogen-bond donors (Lipinski definition) is 0. The number of para-hydroxylation sites is 1. The molecule has 0 saturated carbocycles. The predicted octanol–water partition coefficient (Wildman–Crippen LogP) is 3.73. The van der Waals surface area contributed by atoms with E-state index in [-0.39, 0.29) is 5.91 Å². The maximum Gasteiger partial charge on any atom is 0.254 e. The number of anilines is 2. The highest BCUT2D eigenvalue weighted by molar-refractivity contribution is 5.95. The van der Waals surface area contributed by atoms with Gasteiger partial charge in [-0.05, 0) is 56.9 Å². The van der Waals surface area contributed by atoms with E-state index in [1.54, 1.807) is 6.20 Å². The van der Waals surface area contributed by atoms with Gasteiger partial charge >= 0.3 is 0 Å². The first-order valence-corrected chi connectivity index (χ1v) is 10.5. The maximum absolute atomic E-state index is 12.9. The lowest BCUT2D eigenvalue weighted by atomic mass is 10.1. The molecule has 1 aromatic heterocycles. The van der Waals surface area contributed by atoms with Gasteiger partial charge in [0.1, 0.15) is 5.82 Å². The summed E-state index contributed by atoms with van der Waals surface area (Å²) in [5, 5.41) is 0. The topological polar surface area (TPSA) is 39.7 Å². The molecule has 28 heavy (non-hydrogen) atoms. The third kappa shape index (κ3) is 3.84. The number of carbonyl (C=O) groups is 1.